The van der Waals surface area contributed by atoms with Crippen molar-refractivity contribution in [2.24, 2.45) is 0 Å². The highest BCUT2D eigenvalue weighted by atomic mass is 16.5. The Morgan fingerprint density at radius 2 is 1.71 bits per heavy atom. The number of aromatic nitrogens is 1. The van der Waals surface area contributed by atoms with Gasteiger partial charge in [-0.2, -0.15) is 0 Å². The Bertz CT molecular complexity index is 1140. The Labute approximate surface area is 205 Å². The van der Waals surface area contributed by atoms with Gasteiger partial charge in [0.1, 0.15) is 11.5 Å². The second-order valence-electron chi connectivity index (χ2n) is 8.58. The van der Waals surface area contributed by atoms with Gasteiger partial charge in [-0.3, -0.25) is 14.5 Å². The number of carbonyl (C=O) groups excluding carboxylic acids is 2. The molecule has 0 aliphatic carbocycles. The summed E-state index contributed by atoms with van der Waals surface area (Å²) in [5.74, 6) is 1.13. The van der Waals surface area contributed by atoms with Crippen LogP contribution in [0.15, 0.2) is 59.1 Å². The molecule has 2 aromatic carbocycles. The lowest BCUT2D eigenvalue weighted by Gasteiger charge is -2.34. The molecule has 0 radical (unpaired) electrons. The van der Waals surface area contributed by atoms with Gasteiger partial charge in [0.2, 0.25) is 5.91 Å². The number of amides is 2. The molecule has 0 spiro atoms. The molecular formula is C26H31N5O4. The van der Waals surface area contributed by atoms with Crippen molar-refractivity contribution in [1.29, 1.82) is 0 Å². The van der Waals surface area contributed by atoms with Gasteiger partial charge in [-0.1, -0.05) is 17.3 Å². The number of piperazine rings is 1. The summed E-state index contributed by atoms with van der Waals surface area (Å²) >= 11 is 0. The molecule has 2 N–H and O–H groups in total. The maximum Gasteiger partial charge on any atom is 0.255 e. The van der Waals surface area contributed by atoms with Crippen LogP contribution in [0.2, 0.25) is 0 Å². The number of hydrogen-bond donors (Lipinski definition) is 2. The first-order valence-electron chi connectivity index (χ1n) is 11.7. The van der Waals surface area contributed by atoms with Crippen molar-refractivity contribution >= 4 is 23.2 Å². The summed E-state index contributed by atoms with van der Waals surface area (Å²) in [4.78, 5) is 29.6. The molecule has 1 aliphatic rings. The molecule has 1 saturated heterocycles. The minimum absolute atomic E-state index is 0.0447. The summed E-state index contributed by atoms with van der Waals surface area (Å²) in [6.45, 7) is 7.10. The normalized spacial score (nSPS) is 14.5. The highest BCUT2D eigenvalue weighted by Crippen LogP contribution is 2.24. The average molecular weight is 478 g/mol. The molecule has 0 bridgehead atoms. The molecule has 3 aromatic rings. The van der Waals surface area contributed by atoms with Gasteiger partial charge in [0, 0.05) is 63.0 Å². The van der Waals surface area contributed by atoms with Crippen LogP contribution in [0.5, 0.6) is 5.75 Å². The number of ether oxygens (including phenoxy) is 1. The molecule has 1 aromatic heterocycles. The minimum Gasteiger partial charge on any atom is -0.495 e. The van der Waals surface area contributed by atoms with Crippen molar-refractivity contribution in [1.82, 2.24) is 15.0 Å². The van der Waals surface area contributed by atoms with Crippen molar-refractivity contribution in [3.63, 3.8) is 0 Å². The fraction of sp³-hybridized carbons (Fsp3) is 0.346. The van der Waals surface area contributed by atoms with Gasteiger partial charge in [0.15, 0.2) is 0 Å². The van der Waals surface area contributed by atoms with Gasteiger partial charge >= 0.3 is 0 Å². The first-order valence-corrected chi connectivity index (χ1v) is 11.7. The van der Waals surface area contributed by atoms with Crippen LogP contribution in [-0.2, 0) is 11.3 Å². The van der Waals surface area contributed by atoms with E-state index >= 15 is 0 Å². The van der Waals surface area contributed by atoms with E-state index in [1.54, 1.807) is 43.5 Å². The molecule has 2 amide bonds. The molecule has 9 nitrogen and oxygen atoms in total. The second kappa shape index (κ2) is 11.6. The van der Waals surface area contributed by atoms with Crippen molar-refractivity contribution in [2.75, 3.05) is 50.5 Å². The van der Waals surface area contributed by atoms with Gasteiger partial charge in [-0.05, 0) is 43.3 Å². The number of rotatable bonds is 9. The number of nitrogens with one attached hydrogen (secondary N) is 2. The molecule has 0 unspecified atom stereocenters. The lowest BCUT2D eigenvalue weighted by molar-refractivity contribution is -0.116. The van der Waals surface area contributed by atoms with E-state index in [2.05, 4.69) is 25.6 Å². The van der Waals surface area contributed by atoms with E-state index in [-0.39, 0.29) is 11.8 Å². The number of hydrogen-bond acceptors (Lipinski definition) is 7. The van der Waals surface area contributed by atoms with Gasteiger partial charge in [0.05, 0.1) is 18.5 Å². The Morgan fingerprint density at radius 1 is 1.00 bits per heavy atom. The fourth-order valence-electron chi connectivity index (χ4n) is 4.02. The lowest BCUT2D eigenvalue weighted by Crippen LogP contribution is -2.46. The zero-order chi connectivity index (χ0) is 24.6. The molecule has 0 atom stereocenters. The van der Waals surface area contributed by atoms with Crippen LogP contribution in [0, 0.1) is 6.92 Å². The number of carbonyl (C=O) groups is 2. The van der Waals surface area contributed by atoms with Crippen LogP contribution < -0.4 is 15.4 Å². The number of methoxy groups -OCH3 is 1. The van der Waals surface area contributed by atoms with E-state index in [0.717, 1.165) is 44.2 Å². The van der Waals surface area contributed by atoms with Crippen LogP contribution in [0.1, 0.15) is 28.2 Å². The Morgan fingerprint density at radius 3 is 2.40 bits per heavy atom. The smallest absolute Gasteiger partial charge is 0.255 e. The van der Waals surface area contributed by atoms with Crippen molar-refractivity contribution in [3.05, 3.63) is 71.6 Å². The average Bonchev–Trinajstić information content (AvgIpc) is 3.28. The maximum atomic E-state index is 12.5. The molecule has 4 rings (SSSR count). The largest absolute Gasteiger partial charge is 0.495 e. The molecule has 0 saturated carbocycles. The highest BCUT2D eigenvalue weighted by Gasteiger charge is 2.19. The predicted molar refractivity (Wildman–Crippen MR) is 134 cm³/mol. The Kier molecular flexibility index (Phi) is 8.12. The van der Waals surface area contributed by atoms with Crippen LogP contribution in [0.4, 0.5) is 11.4 Å². The van der Waals surface area contributed by atoms with Crippen molar-refractivity contribution in [2.45, 2.75) is 19.9 Å². The third-order valence-electron chi connectivity index (χ3n) is 5.97. The van der Waals surface area contributed by atoms with Gasteiger partial charge in [-0.15, -0.1) is 0 Å². The zero-order valence-corrected chi connectivity index (χ0v) is 20.1. The van der Waals surface area contributed by atoms with Crippen LogP contribution in [-0.4, -0.2) is 66.6 Å². The number of anilines is 2. The first kappa shape index (κ1) is 24.4. The van der Waals surface area contributed by atoms with Gasteiger partial charge in [0.25, 0.3) is 5.91 Å². The SMILES string of the molecule is COc1ccccc1NC(=O)c1ccc(NC(=O)CCN2CCN(Cc3cc(C)on3)CC2)cc1. The Hall–Kier alpha value is -3.69. The topological polar surface area (TPSA) is 99.9 Å². The number of para-hydroxylation sites is 2. The third-order valence-corrected chi connectivity index (χ3v) is 5.97. The first-order chi connectivity index (χ1) is 17.0. The highest BCUT2D eigenvalue weighted by molar-refractivity contribution is 6.05. The predicted octanol–water partition coefficient (Wildman–Crippen LogP) is 3.39. The standard InChI is InChI=1S/C26H31N5O4/c1-19-17-22(29-35-19)18-31-15-13-30(14-16-31)12-11-25(32)27-21-9-7-20(8-10-21)26(33)28-23-5-3-4-6-24(23)34-2/h3-10,17H,11-16,18H2,1-2H3,(H,27,32)(H,28,33). The Balaban J connectivity index is 1.18. The molecule has 9 heteroatoms. The van der Waals surface area contributed by atoms with Gasteiger partial charge < -0.3 is 24.8 Å². The van der Waals surface area contributed by atoms with Crippen molar-refractivity contribution in [3.8, 4) is 5.75 Å². The summed E-state index contributed by atoms with van der Waals surface area (Å²) < 4.78 is 10.4. The monoisotopic (exact) mass is 477 g/mol. The number of aryl methyl sites for hydroxylation is 1. The summed E-state index contributed by atoms with van der Waals surface area (Å²) in [6.07, 6.45) is 0.415. The van der Waals surface area contributed by atoms with Gasteiger partial charge in [-0.25, -0.2) is 0 Å². The fourth-order valence-corrected chi connectivity index (χ4v) is 4.02. The minimum atomic E-state index is -0.245. The van der Waals surface area contributed by atoms with Crippen molar-refractivity contribution < 1.29 is 18.8 Å². The number of benzene rings is 2. The third kappa shape index (κ3) is 6.91. The summed E-state index contributed by atoms with van der Waals surface area (Å²) in [7, 11) is 1.56. The molecular weight excluding hydrogens is 446 g/mol. The van der Waals surface area contributed by atoms with Crippen LogP contribution in [0.25, 0.3) is 0 Å². The zero-order valence-electron chi connectivity index (χ0n) is 20.1. The maximum absolute atomic E-state index is 12.5. The summed E-state index contributed by atoms with van der Waals surface area (Å²) in [5.41, 5.74) is 2.72. The van der Waals surface area contributed by atoms with E-state index in [1.807, 2.05) is 25.1 Å². The molecule has 1 aliphatic heterocycles. The molecule has 35 heavy (non-hydrogen) atoms. The van der Waals surface area contributed by atoms with E-state index in [9.17, 15) is 9.59 Å². The van der Waals surface area contributed by atoms with Crippen LogP contribution >= 0.6 is 0 Å². The lowest BCUT2D eigenvalue weighted by atomic mass is 10.2. The van der Waals surface area contributed by atoms with E-state index < -0.39 is 0 Å². The van der Waals surface area contributed by atoms with Crippen LogP contribution in [0.3, 0.4) is 0 Å². The molecule has 2 heterocycles. The second-order valence-corrected chi connectivity index (χ2v) is 8.58. The summed E-state index contributed by atoms with van der Waals surface area (Å²) in [6, 6.07) is 16.1. The molecule has 1 fully saturated rings. The number of nitrogens with zero attached hydrogens (tertiary/aromatic N) is 3. The van der Waals surface area contributed by atoms with E-state index in [0.29, 0.717) is 35.7 Å². The summed E-state index contributed by atoms with van der Waals surface area (Å²) in [5, 5.41) is 9.82. The van der Waals surface area contributed by atoms with E-state index in [1.165, 1.54) is 0 Å². The molecule has 184 valence electrons. The van der Waals surface area contributed by atoms with E-state index in [4.69, 9.17) is 9.26 Å². The quantitative estimate of drug-likeness (QED) is 0.487.